The second kappa shape index (κ2) is 3.56. The van der Waals surface area contributed by atoms with Gasteiger partial charge in [-0.15, -0.1) is 0 Å². The van der Waals surface area contributed by atoms with Gasteiger partial charge in [-0.1, -0.05) is 0 Å². The molecule has 0 aromatic carbocycles. The minimum Gasteiger partial charge on any atom is -0.359 e. The third kappa shape index (κ3) is 1.70. The third-order valence-corrected chi connectivity index (χ3v) is 1.93. The summed E-state index contributed by atoms with van der Waals surface area (Å²) in [5.74, 6) is 0.597. The van der Waals surface area contributed by atoms with Crippen molar-refractivity contribution >= 4 is 5.84 Å². The summed E-state index contributed by atoms with van der Waals surface area (Å²) in [5, 5.41) is 7.43. The van der Waals surface area contributed by atoms with Gasteiger partial charge >= 0.3 is 0 Å². The summed E-state index contributed by atoms with van der Waals surface area (Å²) in [4.78, 5) is 2.07. The minimum atomic E-state index is 0.389. The van der Waals surface area contributed by atoms with Gasteiger partial charge < -0.3 is 10.6 Å². The molecule has 1 rings (SSSR count). The first-order valence-electron chi connectivity index (χ1n) is 3.87. The number of likely N-dealkylation sites (tertiary alicyclic amines) is 1. The maximum atomic E-state index is 7.43. The highest BCUT2D eigenvalue weighted by molar-refractivity contribution is 5.80. The van der Waals surface area contributed by atoms with Crippen LogP contribution in [0.25, 0.3) is 0 Å². The van der Waals surface area contributed by atoms with Gasteiger partial charge in [0, 0.05) is 13.1 Å². The molecule has 0 amide bonds. The summed E-state index contributed by atoms with van der Waals surface area (Å²) in [6, 6.07) is 0. The summed E-state index contributed by atoms with van der Waals surface area (Å²) in [6.07, 6.45) is 3.76. The van der Waals surface area contributed by atoms with E-state index < -0.39 is 0 Å². The van der Waals surface area contributed by atoms with E-state index in [2.05, 4.69) is 4.90 Å². The van der Waals surface area contributed by atoms with Crippen LogP contribution in [0.1, 0.15) is 19.3 Å². The van der Waals surface area contributed by atoms with Crippen LogP contribution >= 0.6 is 0 Å². The zero-order chi connectivity index (χ0) is 7.40. The Kier molecular flexibility index (Phi) is 2.68. The fourth-order valence-corrected chi connectivity index (χ4v) is 1.29. The van der Waals surface area contributed by atoms with Crippen molar-refractivity contribution in [1.82, 2.24) is 4.90 Å². The van der Waals surface area contributed by atoms with E-state index in [9.17, 15) is 0 Å². The lowest BCUT2D eigenvalue weighted by molar-refractivity contribution is 0.337. The van der Waals surface area contributed by atoms with Crippen LogP contribution in [0.15, 0.2) is 0 Å². The Morgan fingerprint density at radius 2 is 1.90 bits per heavy atom. The van der Waals surface area contributed by atoms with Crippen molar-refractivity contribution in [2.24, 2.45) is 5.73 Å². The van der Waals surface area contributed by atoms with Crippen LogP contribution < -0.4 is 5.73 Å². The van der Waals surface area contributed by atoms with E-state index in [0.29, 0.717) is 12.4 Å². The van der Waals surface area contributed by atoms with E-state index >= 15 is 0 Å². The molecule has 1 aliphatic heterocycles. The number of piperidine rings is 1. The average Bonchev–Trinajstić information content (AvgIpc) is 2.05. The van der Waals surface area contributed by atoms with Gasteiger partial charge in [0.15, 0.2) is 0 Å². The largest absolute Gasteiger partial charge is 0.359 e. The third-order valence-electron chi connectivity index (χ3n) is 1.93. The van der Waals surface area contributed by atoms with Crippen molar-refractivity contribution in [3.05, 3.63) is 0 Å². The highest BCUT2D eigenvalue weighted by atomic mass is 15.2. The van der Waals surface area contributed by atoms with Crippen molar-refractivity contribution in [2.75, 3.05) is 19.6 Å². The molecule has 58 valence electrons. The molecule has 0 aromatic heterocycles. The molecular weight excluding hydrogens is 126 g/mol. The Morgan fingerprint density at radius 3 is 2.40 bits per heavy atom. The van der Waals surface area contributed by atoms with Crippen molar-refractivity contribution in [3.8, 4) is 0 Å². The van der Waals surface area contributed by atoms with Gasteiger partial charge in [0.2, 0.25) is 0 Å². The highest BCUT2D eigenvalue weighted by Gasteiger charge is 2.10. The Bertz CT molecular complexity index is 116. The molecule has 0 atom stereocenters. The topological polar surface area (TPSA) is 53.1 Å². The fourth-order valence-electron chi connectivity index (χ4n) is 1.29. The molecule has 0 unspecified atom stereocenters. The monoisotopic (exact) mass is 141 g/mol. The summed E-state index contributed by atoms with van der Waals surface area (Å²) >= 11 is 0. The van der Waals surface area contributed by atoms with Crippen LogP contribution in [0.3, 0.4) is 0 Å². The molecule has 3 heteroatoms. The van der Waals surface area contributed by atoms with Gasteiger partial charge in [0.05, 0.1) is 6.54 Å². The molecule has 0 aliphatic carbocycles. The quantitative estimate of drug-likeness (QED) is 0.410. The lowest BCUT2D eigenvalue weighted by atomic mass is 10.1. The van der Waals surface area contributed by atoms with Gasteiger partial charge in [0.1, 0.15) is 5.84 Å². The fraction of sp³-hybridized carbons (Fsp3) is 0.857. The van der Waals surface area contributed by atoms with E-state index in [1.807, 2.05) is 0 Å². The molecule has 1 saturated heterocycles. The van der Waals surface area contributed by atoms with Crippen LogP contribution in [0.4, 0.5) is 0 Å². The molecule has 1 aliphatic rings. The normalized spacial score (nSPS) is 19.1. The Balaban J connectivity index is 2.31. The molecule has 0 aromatic rings. The molecule has 3 nitrogen and oxygen atoms in total. The maximum absolute atomic E-state index is 7.43. The molecule has 3 N–H and O–H groups in total. The smallest absolute Gasteiger partial charge is 0.110 e. The second-order valence-corrected chi connectivity index (χ2v) is 2.70. The first-order chi connectivity index (χ1) is 4.84. The number of hydrogen-bond donors (Lipinski definition) is 2. The predicted octanol–water partition coefficient (Wildman–Crippen LogP) is 0.408. The van der Waals surface area contributed by atoms with Gasteiger partial charge in [-0.25, -0.2) is 0 Å². The number of nitrogens with one attached hydrogen (secondary N) is 1. The number of rotatable bonds is 1. The molecule has 10 heavy (non-hydrogen) atoms. The number of amidine groups is 1. The zero-order valence-corrected chi connectivity index (χ0v) is 6.27. The summed E-state index contributed by atoms with van der Waals surface area (Å²) in [6.45, 7) is 2.46. The lowest BCUT2D eigenvalue weighted by Gasteiger charge is -2.28. The van der Waals surface area contributed by atoms with E-state index in [0.717, 1.165) is 13.1 Å². The molecule has 1 fully saturated rings. The van der Waals surface area contributed by atoms with Crippen molar-refractivity contribution in [3.63, 3.8) is 0 Å². The Morgan fingerprint density at radius 1 is 1.30 bits per heavy atom. The summed E-state index contributed by atoms with van der Waals surface area (Å²) < 4.78 is 0. The van der Waals surface area contributed by atoms with Crippen molar-refractivity contribution < 1.29 is 0 Å². The van der Waals surface area contributed by atoms with Gasteiger partial charge in [-0.05, 0) is 19.3 Å². The predicted molar refractivity (Wildman–Crippen MR) is 42.2 cm³/mol. The minimum absolute atomic E-state index is 0.389. The van der Waals surface area contributed by atoms with Gasteiger partial charge in [-0.3, -0.25) is 5.41 Å². The highest BCUT2D eigenvalue weighted by Crippen LogP contribution is 2.07. The van der Waals surface area contributed by atoms with E-state index in [1.165, 1.54) is 19.3 Å². The second-order valence-electron chi connectivity index (χ2n) is 2.70. The van der Waals surface area contributed by atoms with Crippen LogP contribution in [0.2, 0.25) is 0 Å². The van der Waals surface area contributed by atoms with E-state index in [4.69, 9.17) is 11.1 Å². The van der Waals surface area contributed by atoms with Crippen LogP contribution in [0, 0.1) is 5.41 Å². The van der Waals surface area contributed by atoms with Crippen LogP contribution in [0.5, 0.6) is 0 Å². The summed E-state index contributed by atoms with van der Waals surface area (Å²) in [7, 11) is 0. The average molecular weight is 141 g/mol. The first-order valence-corrected chi connectivity index (χ1v) is 3.87. The van der Waals surface area contributed by atoms with Crippen molar-refractivity contribution in [2.45, 2.75) is 19.3 Å². The molecule has 1 heterocycles. The van der Waals surface area contributed by atoms with E-state index in [1.54, 1.807) is 0 Å². The first kappa shape index (κ1) is 7.54. The standard InChI is InChI=1S/C7H15N3/c8-6-7(9)10-4-2-1-3-5-10/h9H,1-6,8H2. The zero-order valence-electron chi connectivity index (χ0n) is 6.27. The van der Waals surface area contributed by atoms with Crippen LogP contribution in [-0.2, 0) is 0 Å². The molecule has 0 bridgehead atoms. The number of nitrogens with two attached hydrogens (primary N) is 1. The molecule has 0 saturated carbocycles. The SMILES string of the molecule is N=C(CN)N1CCCCC1. The van der Waals surface area contributed by atoms with E-state index in [-0.39, 0.29) is 0 Å². The van der Waals surface area contributed by atoms with Crippen LogP contribution in [-0.4, -0.2) is 30.4 Å². The number of hydrogen-bond acceptors (Lipinski definition) is 2. The maximum Gasteiger partial charge on any atom is 0.110 e. The molecular formula is C7H15N3. The number of nitrogens with zero attached hydrogens (tertiary/aromatic N) is 1. The molecule has 0 spiro atoms. The summed E-state index contributed by atoms with van der Waals surface area (Å²) in [5.41, 5.74) is 5.34. The van der Waals surface area contributed by atoms with Gasteiger partial charge in [0.25, 0.3) is 0 Å². The Labute approximate surface area is 61.7 Å². The van der Waals surface area contributed by atoms with Crippen molar-refractivity contribution in [1.29, 1.82) is 5.41 Å². The Hall–Kier alpha value is -0.570. The molecule has 0 radical (unpaired) electrons. The van der Waals surface area contributed by atoms with Gasteiger partial charge in [-0.2, -0.15) is 0 Å². The lowest BCUT2D eigenvalue weighted by Crippen LogP contribution is -2.38.